The molecule has 0 aromatic heterocycles. The first-order chi connectivity index (χ1) is 13.1. The molecule has 2 N–H and O–H groups in total. The molecule has 138 valence electrons. The van der Waals surface area contributed by atoms with Gasteiger partial charge in [-0.05, 0) is 42.6 Å². The van der Waals surface area contributed by atoms with Crippen LogP contribution in [0.2, 0.25) is 0 Å². The van der Waals surface area contributed by atoms with Gasteiger partial charge in [0.05, 0.1) is 7.11 Å². The Morgan fingerprint density at radius 1 is 0.852 bits per heavy atom. The van der Waals surface area contributed by atoms with Crippen molar-refractivity contribution in [1.29, 1.82) is 0 Å². The molecule has 0 spiro atoms. The largest absolute Gasteiger partial charge is 0.480 e. The first-order valence-electron chi connectivity index (χ1n) is 8.47. The van der Waals surface area contributed by atoms with E-state index in [0.29, 0.717) is 17.1 Å². The highest BCUT2D eigenvalue weighted by molar-refractivity contribution is 5.95. The molecule has 6 nitrogen and oxygen atoms in total. The van der Waals surface area contributed by atoms with Crippen LogP contribution in [-0.2, 0) is 9.53 Å². The van der Waals surface area contributed by atoms with Crippen molar-refractivity contribution in [2.24, 2.45) is 0 Å². The van der Waals surface area contributed by atoms with E-state index in [1.165, 1.54) is 7.11 Å². The summed E-state index contributed by atoms with van der Waals surface area (Å²) in [5.74, 6) is 0.394. The average molecular weight is 364 g/mol. The Bertz CT molecular complexity index is 949. The molecular weight excluding hydrogens is 344 g/mol. The van der Waals surface area contributed by atoms with E-state index in [9.17, 15) is 9.59 Å². The van der Waals surface area contributed by atoms with Crippen LogP contribution in [-0.4, -0.2) is 25.2 Å². The van der Waals surface area contributed by atoms with Crippen molar-refractivity contribution in [3.8, 4) is 5.75 Å². The fourth-order valence-electron chi connectivity index (χ4n) is 2.59. The second-order valence-electron chi connectivity index (χ2n) is 5.92. The average Bonchev–Trinajstić information content (AvgIpc) is 2.69. The number of fused-ring (bicyclic) bond motifs is 1. The number of carbonyl (C=O) groups is 2. The van der Waals surface area contributed by atoms with E-state index >= 15 is 0 Å². The highest BCUT2D eigenvalue weighted by Gasteiger charge is 2.16. The zero-order valence-electron chi connectivity index (χ0n) is 15.1. The van der Waals surface area contributed by atoms with Crippen molar-refractivity contribution in [3.63, 3.8) is 0 Å². The molecule has 0 aliphatic rings. The number of anilines is 2. The summed E-state index contributed by atoms with van der Waals surface area (Å²) in [6.45, 7) is 1.70. The smallest absolute Gasteiger partial charge is 0.411 e. The Morgan fingerprint density at radius 3 is 2.19 bits per heavy atom. The van der Waals surface area contributed by atoms with Crippen LogP contribution in [0, 0.1) is 0 Å². The van der Waals surface area contributed by atoms with Crippen LogP contribution in [0.15, 0.2) is 66.7 Å². The number of methoxy groups -OCH3 is 1. The first-order valence-corrected chi connectivity index (χ1v) is 8.47. The SMILES string of the molecule is COC(=O)Nc1ccc(NC(=O)C(C)Oc2cccc3ccccc23)cc1. The topological polar surface area (TPSA) is 76.7 Å². The third kappa shape index (κ3) is 4.55. The van der Waals surface area contributed by atoms with E-state index in [4.69, 9.17) is 4.74 Å². The van der Waals surface area contributed by atoms with Crippen molar-refractivity contribution in [2.45, 2.75) is 13.0 Å². The number of hydrogen-bond acceptors (Lipinski definition) is 4. The third-order valence-corrected chi connectivity index (χ3v) is 4.01. The van der Waals surface area contributed by atoms with Gasteiger partial charge in [0.25, 0.3) is 5.91 Å². The van der Waals surface area contributed by atoms with Crippen LogP contribution in [0.4, 0.5) is 16.2 Å². The molecule has 6 heteroatoms. The maximum atomic E-state index is 12.4. The van der Waals surface area contributed by atoms with E-state index < -0.39 is 12.2 Å². The van der Waals surface area contributed by atoms with Crippen LogP contribution in [0.1, 0.15) is 6.92 Å². The molecule has 0 saturated heterocycles. The summed E-state index contributed by atoms with van der Waals surface area (Å²) >= 11 is 0. The molecule has 2 amide bonds. The normalized spacial score (nSPS) is 11.5. The lowest BCUT2D eigenvalue weighted by atomic mass is 10.1. The summed E-state index contributed by atoms with van der Waals surface area (Å²) < 4.78 is 10.4. The number of benzene rings is 3. The van der Waals surface area contributed by atoms with Gasteiger partial charge in [-0.25, -0.2) is 4.79 Å². The van der Waals surface area contributed by atoms with E-state index in [1.807, 2.05) is 42.5 Å². The molecule has 0 heterocycles. The lowest BCUT2D eigenvalue weighted by molar-refractivity contribution is -0.122. The molecule has 1 unspecified atom stereocenters. The summed E-state index contributed by atoms with van der Waals surface area (Å²) in [6.07, 6.45) is -1.23. The predicted molar refractivity (Wildman–Crippen MR) is 105 cm³/mol. The maximum absolute atomic E-state index is 12.4. The van der Waals surface area contributed by atoms with Gasteiger partial charge in [0.15, 0.2) is 6.10 Å². The van der Waals surface area contributed by atoms with Crippen LogP contribution in [0.5, 0.6) is 5.75 Å². The predicted octanol–water partition coefficient (Wildman–Crippen LogP) is 4.42. The number of ether oxygens (including phenoxy) is 2. The molecule has 0 radical (unpaired) electrons. The van der Waals surface area contributed by atoms with E-state index in [1.54, 1.807) is 31.2 Å². The fourth-order valence-corrected chi connectivity index (χ4v) is 2.59. The van der Waals surface area contributed by atoms with Crippen molar-refractivity contribution in [3.05, 3.63) is 66.7 Å². The molecule has 0 saturated carbocycles. The van der Waals surface area contributed by atoms with Gasteiger partial charge >= 0.3 is 6.09 Å². The highest BCUT2D eigenvalue weighted by atomic mass is 16.5. The lowest BCUT2D eigenvalue weighted by Gasteiger charge is -2.16. The Morgan fingerprint density at radius 2 is 1.48 bits per heavy atom. The number of rotatable bonds is 5. The summed E-state index contributed by atoms with van der Waals surface area (Å²) in [6, 6.07) is 20.3. The van der Waals surface area contributed by atoms with Crippen LogP contribution >= 0.6 is 0 Å². The Kier molecular flexibility index (Phi) is 5.56. The van der Waals surface area contributed by atoms with Gasteiger partial charge in [0.2, 0.25) is 0 Å². The first kappa shape index (κ1) is 18.3. The standard InChI is InChI=1S/C21H20N2O4/c1-14(27-19-9-5-7-15-6-3-4-8-18(15)19)20(24)22-16-10-12-17(13-11-16)23-21(25)26-2/h3-14H,1-2H3,(H,22,24)(H,23,25). The Labute approximate surface area is 157 Å². The van der Waals surface area contributed by atoms with Gasteiger partial charge in [0, 0.05) is 16.8 Å². The molecular formula is C21H20N2O4. The second kappa shape index (κ2) is 8.23. The summed E-state index contributed by atoms with van der Waals surface area (Å²) in [5.41, 5.74) is 1.17. The second-order valence-corrected chi connectivity index (χ2v) is 5.92. The van der Waals surface area contributed by atoms with Gasteiger partial charge in [-0.1, -0.05) is 36.4 Å². The van der Waals surface area contributed by atoms with Gasteiger partial charge < -0.3 is 14.8 Å². The highest BCUT2D eigenvalue weighted by Crippen LogP contribution is 2.26. The van der Waals surface area contributed by atoms with Crippen LogP contribution in [0.3, 0.4) is 0 Å². The van der Waals surface area contributed by atoms with E-state index in [-0.39, 0.29) is 5.91 Å². The molecule has 0 aliphatic carbocycles. The Hall–Kier alpha value is -3.54. The molecule has 3 aromatic rings. The molecule has 0 aliphatic heterocycles. The molecule has 0 bridgehead atoms. The maximum Gasteiger partial charge on any atom is 0.411 e. The fraction of sp³-hybridized carbons (Fsp3) is 0.143. The Balaban J connectivity index is 1.64. The van der Waals surface area contributed by atoms with Crippen molar-refractivity contribution < 1.29 is 19.1 Å². The summed E-state index contributed by atoms with van der Waals surface area (Å²) in [4.78, 5) is 23.6. The molecule has 3 rings (SSSR count). The summed E-state index contributed by atoms with van der Waals surface area (Å²) in [7, 11) is 1.29. The third-order valence-electron chi connectivity index (χ3n) is 4.01. The minimum Gasteiger partial charge on any atom is -0.480 e. The van der Waals surface area contributed by atoms with Gasteiger partial charge in [-0.3, -0.25) is 10.1 Å². The van der Waals surface area contributed by atoms with E-state index in [0.717, 1.165) is 10.8 Å². The van der Waals surface area contributed by atoms with Gasteiger partial charge in [0.1, 0.15) is 5.75 Å². The van der Waals surface area contributed by atoms with Crippen molar-refractivity contribution in [2.75, 3.05) is 17.7 Å². The minimum atomic E-state index is -0.677. The minimum absolute atomic E-state index is 0.267. The molecule has 27 heavy (non-hydrogen) atoms. The van der Waals surface area contributed by atoms with Crippen LogP contribution < -0.4 is 15.4 Å². The zero-order valence-corrected chi connectivity index (χ0v) is 15.1. The number of nitrogens with one attached hydrogen (secondary N) is 2. The monoisotopic (exact) mass is 364 g/mol. The molecule has 1 atom stereocenters. The number of carbonyl (C=O) groups excluding carboxylic acids is 2. The van der Waals surface area contributed by atoms with Crippen molar-refractivity contribution in [1.82, 2.24) is 0 Å². The van der Waals surface area contributed by atoms with E-state index in [2.05, 4.69) is 15.4 Å². The zero-order chi connectivity index (χ0) is 19.2. The van der Waals surface area contributed by atoms with Crippen LogP contribution in [0.25, 0.3) is 10.8 Å². The lowest BCUT2D eigenvalue weighted by Crippen LogP contribution is -2.30. The molecule has 3 aromatic carbocycles. The quantitative estimate of drug-likeness (QED) is 0.702. The van der Waals surface area contributed by atoms with Gasteiger partial charge in [-0.15, -0.1) is 0 Å². The number of hydrogen-bond donors (Lipinski definition) is 2. The van der Waals surface area contributed by atoms with Gasteiger partial charge in [-0.2, -0.15) is 0 Å². The number of amides is 2. The molecule has 0 fully saturated rings. The van der Waals surface area contributed by atoms with Crippen molar-refractivity contribution >= 4 is 34.1 Å². The summed E-state index contributed by atoms with van der Waals surface area (Å²) in [5, 5.41) is 7.35.